The first kappa shape index (κ1) is 31.8. The predicted octanol–water partition coefficient (Wildman–Crippen LogP) is 9.49. The number of phenols is 1. The summed E-state index contributed by atoms with van der Waals surface area (Å²) >= 11 is 2.35. The molecule has 0 saturated heterocycles. The van der Waals surface area contributed by atoms with E-state index in [2.05, 4.69) is 142 Å². The molecule has 0 aliphatic rings. The van der Waals surface area contributed by atoms with Crippen molar-refractivity contribution in [3.8, 4) is 39.6 Å². The van der Waals surface area contributed by atoms with E-state index in [0.29, 0.717) is 11.8 Å². The second kappa shape index (κ2) is 13.3. The standard InChI is InChI=1S/C40H41N4O.Pt/c1-27(2)33-21-34(28(3)4)23-35(22-33)32-12-13-39(45)38(24-32)43-17-16-42(26-43)15-14-36-25-44(37-19-29(5)18-30(6)20-37)40(41-36)31-10-8-7-9-11-31;/h7-10,12-13,16-25,27-28,45H,14-15H2,1-6H3;/q-1;. The Kier molecular flexibility index (Phi) is 9.15. The van der Waals surface area contributed by atoms with Crippen molar-refractivity contribution in [2.24, 2.45) is 0 Å². The molecule has 0 spiro atoms. The molecule has 2 heterocycles. The molecule has 4 aromatic carbocycles. The first-order valence-electron chi connectivity index (χ1n) is 15.9. The topological polar surface area (TPSA) is 47.9 Å². The van der Waals surface area contributed by atoms with Gasteiger partial charge in [0.2, 0.25) is 0 Å². The van der Waals surface area contributed by atoms with Crippen LogP contribution in [-0.2, 0) is 32.3 Å². The number of hydrogen-bond acceptors (Lipinski definition) is 2. The molecule has 6 aromatic rings. The van der Waals surface area contributed by atoms with E-state index in [1.165, 1.54) is 27.8 Å². The van der Waals surface area contributed by atoms with Crippen molar-refractivity contribution in [1.82, 2.24) is 18.7 Å². The maximum atomic E-state index is 11.0. The van der Waals surface area contributed by atoms with E-state index in [-0.39, 0.29) is 5.75 Å². The number of nitrogens with zero attached hydrogens (tertiary/aromatic N) is 4. The predicted molar refractivity (Wildman–Crippen MR) is 183 cm³/mol. The van der Waals surface area contributed by atoms with Crippen LogP contribution in [0.3, 0.4) is 0 Å². The zero-order chi connectivity index (χ0) is 32.5. The van der Waals surface area contributed by atoms with Crippen LogP contribution in [0, 0.1) is 23.7 Å². The van der Waals surface area contributed by atoms with Gasteiger partial charge >= 0.3 is 284 Å². The Morgan fingerprint density at radius 1 is 0.804 bits per heavy atom. The van der Waals surface area contributed by atoms with Crippen molar-refractivity contribution in [3.05, 3.63) is 135 Å². The van der Waals surface area contributed by atoms with Crippen LogP contribution in [0.1, 0.15) is 67.5 Å². The number of imidazole rings is 2. The SMILES string of the molecule is Cc1cc(C)cc(-n2cc(CCn3ccn(-c4cc(-c5cc(C(C)C)cc(C(C)C)c5)ccc4O)[c]3=[Pt])nc2-c2[c-]cccc2)c1. The third kappa shape index (κ3) is 6.66. The van der Waals surface area contributed by atoms with Gasteiger partial charge in [0.25, 0.3) is 0 Å². The summed E-state index contributed by atoms with van der Waals surface area (Å²) in [4.78, 5) is 5.09. The minimum absolute atomic E-state index is 0.254. The molecule has 0 aliphatic carbocycles. The number of phenolic OH excluding ortho intramolecular Hbond substituents is 1. The molecule has 0 bridgehead atoms. The van der Waals surface area contributed by atoms with Gasteiger partial charge in [-0.05, 0) is 0 Å². The van der Waals surface area contributed by atoms with E-state index in [0.717, 1.165) is 50.8 Å². The normalized spacial score (nSPS) is 11.6. The van der Waals surface area contributed by atoms with Gasteiger partial charge in [-0.3, -0.25) is 0 Å². The Bertz CT molecular complexity index is 2020. The number of aryl methyl sites for hydroxylation is 4. The third-order valence-electron chi connectivity index (χ3n) is 8.48. The van der Waals surface area contributed by atoms with Crippen LogP contribution in [0.4, 0.5) is 0 Å². The van der Waals surface area contributed by atoms with Crippen molar-refractivity contribution >= 4 is 0 Å². The molecule has 0 saturated carbocycles. The van der Waals surface area contributed by atoms with Crippen LogP contribution in [0.15, 0.2) is 97.5 Å². The van der Waals surface area contributed by atoms with Crippen LogP contribution in [0.25, 0.3) is 33.9 Å². The molecule has 0 aliphatic heterocycles. The van der Waals surface area contributed by atoms with Crippen molar-refractivity contribution in [2.75, 3.05) is 0 Å². The molecule has 1 N–H and O–H groups in total. The van der Waals surface area contributed by atoms with E-state index in [1.807, 2.05) is 36.5 Å². The maximum absolute atomic E-state index is 11.0. The fourth-order valence-electron chi connectivity index (χ4n) is 5.93. The summed E-state index contributed by atoms with van der Waals surface area (Å²) in [6.45, 7) is 14.0. The van der Waals surface area contributed by atoms with Gasteiger partial charge in [0.15, 0.2) is 0 Å². The van der Waals surface area contributed by atoms with E-state index in [1.54, 1.807) is 0 Å². The zero-order valence-corrected chi connectivity index (χ0v) is 29.6. The van der Waals surface area contributed by atoms with Crippen LogP contribution in [0.2, 0.25) is 0 Å². The van der Waals surface area contributed by atoms with Gasteiger partial charge < -0.3 is 0 Å². The third-order valence-corrected chi connectivity index (χ3v) is 9.68. The second-order valence-corrected chi connectivity index (χ2v) is 13.8. The summed E-state index contributed by atoms with van der Waals surface area (Å²) in [5.74, 6) is 2.02. The number of aromatic nitrogens is 4. The summed E-state index contributed by atoms with van der Waals surface area (Å²) < 4.78 is 7.48. The van der Waals surface area contributed by atoms with Gasteiger partial charge in [-0.25, -0.2) is 0 Å². The first-order chi connectivity index (χ1) is 22.1. The van der Waals surface area contributed by atoms with Crippen LogP contribution < -0.4 is 0 Å². The average molecular weight is 789 g/mol. The number of hydrogen-bond donors (Lipinski definition) is 1. The number of rotatable bonds is 9. The Balaban J connectivity index is 1.30. The quantitative estimate of drug-likeness (QED) is 0.149. The number of aromatic hydroxyl groups is 1. The Hall–Kier alpha value is -4.21. The Morgan fingerprint density at radius 2 is 1.52 bits per heavy atom. The van der Waals surface area contributed by atoms with Crippen LogP contribution in [0.5, 0.6) is 5.75 Å². The Labute approximate surface area is 283 Å². The van der Waals surface area contributed by atoms with Gasteiger partial charge in [0.05, 0.1) is 0 Å². The van der Waals surface area contributed by atoms with E-state index < -0.39 is 0 Å². The Morgan fingerprint density at radius 3 is 2.17 bits per heavy atom. The van der Waals surface area contributed by atoms with Crippen LogP contribution in [-0.4, -0.2) is 23.8 Å². The minimum atomic E-state index is 0.254. The molecule has 0 fully saturated rings. The van der Waals surface area contributed by atoms with Gasteiger partial charge in [-0.1, -0.05) is 0 Å². The average Bonchev–Trinajstić information content (AvgIpc) is 3.63. The van der Waals surface area contributed by atoms with E-state index in [9.17, 15) is 5.11 Å². The van der Waals surface area contributed by atoms with Crippen molar-refractivity contribution < 1.29 is 24.5 Å². The molecule has 6 heteroatoms. The molecule has 46 heavy (non-hydrogen) atoms. The van der Waals surface area contributed by atoms with Crippen LogP contribution >= 0.6 is 0 Å². The monoisotopic (exact) mass is 788 g/mol. The molecule has 0 radical (unpaired) electrons. The van der Waals surface area contributed by atoms with Gasteiger partial charge in [-0.15, -0.1) is 0 Å². The fraction of sp³-hybridized carbons (Fsp3) is 0.250. The summed E-state index contributed by atoms with van der Waals surface area (Å²) in [7, 11) is 0. The molecule has 0 atom stereocenters. The van der Waals surface area contributed by atoms with Gasteiger partial charge in [0, 0.05) is 0 Å². The molecule has 0 unspecified atom stereocenters. The molecule has 6 rings (SSSR count). The summed E-state index contributed by atoms with van der Waals surface area (Å²) in [6.07, 6.45) is 7.02. The fourth-order valence-corrected chi connectivity index (χ4v) is 6.80. The first-order valence-corrected chi connectivity index (χ1v) is 17.1. The molecule has 2 aromatic heterocycles. The molecular formula is C40H41N4OPt-. The summed E-state index contributed by atoms with van der Waals surface area (Å²) in [6, 6.07) is 30.8. The van der Waals surface area contributed by atoms with E-state index in [4.69, 9.17) is 4.98 Å². The molecule has 238 valence electrons. The van der Waals surface area contributed by atoms with Gasteiger partial charge in [-0.2, -0.15) is 0 Å². The molecular weight excluding hydrogens is 748 g/mol. The summed E-state index contributed by atoms with van der Waals surface area (Å²) in [5.41, 5.74) is 11.2. The van der Waals surface area contributed by atoms with Gasteiger partial charge in [0.1, 0.15) is 0 Å². The number of benzene rings is 4. The second-order valence-electron chi connectivity index (χ2n) is 12.8. The summed E-state index contributed by atoms with van der Waals surface area (Å²) in [5, 5.41) is 11.0. The zero-order valence-electron chi connectivity index (χ0n) is 27.4. The molecule has 5 nitrogen and oxygen atoms in total. The van der Waals surface area contributed by atoms with Crippen molar-refractivity contribution in [3.63, 3.8) is 0 Å². The molecule has 0 amide bonds. The van der Waals surface area contributed by atoms with Crippen molar-refractivity contribution in [2.45, 2.75) is 66.3 Å². The van der Waals surface area contributed by atoms with Crippen molar-refractivity contribution in [1.29, 1.82) is 0 Å². The van der Waals surface area contributed by atoms with E-state index >= 15 is 0 Å².